The second-order valence-corrected chi connectivity index (χ2v) is 4.84. The lowest BCUT2D eigenvalue weighted by Gasteiger charge is -2.11. The number of hydrogen-bond donors (Lipinski definition) is 0. The number of hydrogen-bond acceptors (Lipinski definition) is 6. The molecule has 0 N–H and O–H groups in total. The molecule has 0 fully saturated rings. The molecule has 0 radical (unpaired) electrons. The van der Waals surface area contributed by atoms with Gasteiger partial charge < -0.3 is 9.47 Å². The van der Waals surface area contributed by atoms with Crippen LogP contribution in [0, 0.1) is 11.3 Å². The molecular formula is C12H10ClN3O2S. The lowest BCUT2D eigenvalue weighted by Crippen LogP contribution is -2.00. The SMILES string of the molecule is CCOc1cc(C#N)ccc1OCc1nnsc1Cl. The molecule has 98 valence electrons. The Labute approximate surface area is 119 Å². The molecule has 1 heterocycles. The molecule has 1 aromatic carbocycles. The summed E-state index contributed by atoms with van der Waals surface area (Å²) in [7, 11) is 0. The summed E-state index contributed by atoms with van der Waals surface area (Å²) < 4.78 is 15.3. The number of nitriles is 1. The van der Waals surface area contributed by atoms with Gasteiger partial charge in [-0.05, 0) is 19.1 Å². The van der Waals surface area contributed by atoms with Crippen molar-refractivity contribution in [1.82, 2.24) is 9.59 Å². The van der Waals surface area contributed by atoms with Crippen molar-refractivity contribution >= 4 is 23.1 Å². The monoisotopic (exact) mass is 295 g/mol. The van der Waals surface area contributed by atoms with E-state index in [-0.39, 0.29) is 6.61 Å². The highest BCUT2D eigenvalue weighted by Crippen LogP contribution is 2.29. The minimum Gasteiger partial charge on any atom is -0.490 e. The molecule has 19 heavy (non-hydrogen) atoms. The third kappa shape index (κ3) is 3.34. The standard InChI is InChI=1S/C12H10ClN3O2S/c1-2-17-11-5-8(6-14)3-4-10(11)18-7-9-12(13)19-16-15-9/h3-5H,2,7H2,1H3. The van der Waals surface area contributed by atoms with Gasteiger partial charge in [0.1, 0.15) is 16.6 Å². The Balaban J connectivity index is 2.15. The zero-order valence-electron chi connectivity index (χ0n) is 10.1. The number of halogens is 1. The Hall–Kier alpha value is -1.84. The first kappa shape index (κ1) is 13.6. The van der Waals surface area contributed by atoms with E-state index in [4.69, 9.17) is 26.3 Å². The van der Waals surface area contributed by atoms with Gasteiger partial charge in [-0.15, -0.1) is 5.10 Å². The lowest BCUT2D eigenvalue weighted by molar-refractivity contribution is 0.266. The van der Waals surface area contributed by atoms with Crippen molar-refractivity contribution < 1.29 is 9.47 Å². The van der Waals surface area contributed by atoms with E-state index in [9.17, 15) is 0 Å². The van der Waals surface area contributed by atoms with Crippen LogP contribution in [0.2, 0.25) is 4.34 Å². The summed E-state index contributed by atoms with van der Waals surface area (Å²) in [5.74, 6) is 1.07. The molecule has 1 aromatic heterocycles. The molecule has 0 unspecified atom stereocenters. The zero-order chi connectivity index (χ0) is 13.7. The minimum absolute atomic E-state index is 0.210. The molecule has 5 nitrogen and oxygen atoms in total. The average molecular weight is 296 g/mol. The molecule has 0 bridgehead atoms. The molecule has 0 saturated carbocycles. The second kappa shape index (κ2) is 6.36. The summed E-state index contributed by atoms with van der Waals surface area (Å²) in [6, 6.07) is 7.05. The van der Waals surface area contributed by atoms with Crippen molar-refractivity contribution in [2.45, 2.75) is 13.5 Å². The van der Waals surface area contributed by atoms with Crippen molar-refractivity contribution in [3.63, 3.8) is 0 Å². The third-order valence-electron chi connectivity index (χ3n) is 2.25. The largest absolute Gasteiger partial charge is 0.490 e. The molecule has 0 saturated heterocycles. The summed E-state index contributed by atoms with van der Waals surface area (Å²) in [6.07, 6.45) is 0. The van der Waals surface area contributed by atoms with E-state index >= 15 is 0 Å². The van der Waals surface area contributed by atoms with Gasteiger partial charge in [0.15, 0.2) is 11.5 Å². The fourth-order valence-electron chi connectivity index (χ4n) is 1.39. The number of nitrogens with zero attached hydrogens (tertiary/aromatic N) is 3. The molecular weight excluding hydrogens is 286 g/mol. The summed E-state index contributed by atoms with van der Waals surface area (Å²) in [5, 5.41) is 12.7. The van der Waals surface area contributed by atoms with Crippen molar-refractivity contribution in [3.8, 4) is 17.6 Å². The molecule has 0 aliphatic heterocycles. The predicted octanol–water partition coefficient (Wildman–Crippen LogP) is 3.04. The van der Waals surface area contributed by atoms with Crippen molar-refractivity contribution in [2.24, 2.45) is 0 Å². The first-order chi connectivity index (χ1) is 9.24. The van der Waals surface area contributed by atoms with Gasteiger partial charge in [-0.2, -0.15) is 5.26 Å². The first-order valence-corrected chi connectivity index (χ1v) is 6.66. The van der Waals surface area contributed by atoms with E-state index in [2.05, 4.69) is 15.7 Å². The van der Waals surface area contributed by atoms with Gasteiger partial charge in [-0.1, -0.05) is 16.1 Å². The molecule has 2 rings (SSSR count). The van der Waals surface area contributed by atoms with Crippen LogP contribution in [0.3, 0.4) is 0 Å². The van der Waals surface area contributed by atoms with E-state index in [0.717, 1.165) is 11.5 Å². The van der Waals surface area contributed by atoms with Crippen LogP contribution >= 0.6 is 23.1 Å². The smallest absolute Gasteiger partial charge is 0.162 e. The van der Waals surface area contributed by atoms with Crippen LogP contribution in [-0.2, 0) is 6.61 Å². The van der Waals surface area contributed by atoms with Crippen LogP contribution in [0.25, 0.3) is 0 Å². The Kier molecular flexibility index (Phi) is 4.55. The normalized spacial score (nSPS) is 9.95. The van der Waals surface area contributed by atoms with Gasteiger partial charge in [0.25, 0.3) is 0 Å². The van der Waals surface area contributed by atoms with Crippen molar-refractivity contribution in [2.75, 3.05) is 6.61 Å². The van der Waals surface area contributed by atoms with Crippen LogP contribution in [0.4, 0.5) is 0 Å². The third-order valence-corrected chi connectivity index (χ3v) is 3.23. The van der Waals surface area contributed by atoms with Gasteiger partial charge in [-0.25, -0.2) is 0 Å². The fraction of sp³-hybridized carbons (Fsp3) is 0.250. The number of aromatic nitrogens is 2. The Morgan fingerprint density at radius 3 is 2.84 bits per heavy atom. The van der Waals surface area contributed by atoms with Crippen LogP contribution < -0.4 is 9.47 Å². The maximum Gasteiger partial charge on any atom is 0.162 e. The average Bonchev–Trinajstić information content (AvgIpc) is 2.83. The highest BCUT2D eigenvalue weighted by molar-refractivity contribution is 7.10. The van der Waals surface area contributed by atoms with Crippen LogP contribution in [0.15, 0.2) is 18.2 Å². The zero-order valence-corrected chi connectivity index (χ0v) is 11.7. The molecule has 0 spiro atoms. The van der Waals surface area contributed by atoms with E-state index in [1.807, 2.05) is 6.92 Å². The summed E-state index contributed by atoms with van der Waals surface area (Å²) in [5.41, 5.74) is 1.10. The van der Waals surface area contributed by atoms with E-state index in [1.54, 1.807) is 18.2 Å². The maximum atomic E-state index is 8.86. The molecule has 0 amide bonds. The van der Waals surface area contributed by atoms with Gasteiger partial charge in [0.05, 0.1) is 18.2 Å². The number of ether oxygens (including phenoxy) is 2. The quantitative estimate of drug-likeness (QED) is 0.848. The molecule has 0 aliphatic carbocycles. The van der Waals surface area contributed by atoms with Crippen LogP contribution in [0.1, 0.15) is 18.2 Å². The Morgan fingerprint density at radius 2 is 2.21 bits per heavy atom. The van der Waals surface area contributed by atoms with Crippen LogP contribution in [-0.4, -0.2) is 16.2 Å². The number of benzene rings is 1. The highest BCUT2D eigenvalue weighted by Gasteiger charge is 2.10. The summed E-state index contributed by atoms with van der Waals surface area (Å²) in [4.78, 5) is 0. The van der Waals surface area contributed by atoms with Crippen molar-refractivity contribution in [3.05, 3.63) is 33.8 Å². The van der Waals surface area contributed by atoms with Gasteiger partial charge in [0.2, 0.25) is 0 Å². The Morgan fingerprint density at radius 1 is 1.37 bits per heavy atom. The second-order valence-electron chi connectivity index (χ2n) is 3.49. The van der Waals surface area contributed by atoms with E-state index < -0.39 is 0 Å². The Bertz CT molecular complexity index is 609. The molecule has 2 aromatic rings. The molecule has 7 heteroatoms. The van der Waals surface area contributed by atoms with Gasteiger partial charge in [0, 0.05) is 17.6 Å². The summed E-state index contributed by atoms with van der Waals surface area (Å²) in [6.45, 7) is 2.57. The lowest BCUT2D eigenvalue weighted by atomic mass is 10.2. The maximum absolute atomic E-state index is 8.86. The van der Waals surface area contributed by atoms with Crippen molar-refractivity contribution in [1.29, 1.82) is 5.26 Å². The first-order valence-electron chi connectivity index (χ1n) is 5.51. The molecule has 0 atom stereocenters. The number of rotatable bonds is 5. The summed E-state index contributed by atoms with van der Waals surface area (Å²) >= 11 is 7.00. The highest BCUT2D eigenvalue weighted by atomic mass is 35.5. The topological polar surface area (TPSA) is 68.0 Å². The van der Waals surface area contributed by atoms with E-state index in [0.29, 0.717) is 33.7 Å². The van der Waals surface area contributed by atoms with Gasteiger partial charge >= 0.3 is 0 Å². The van der Waals surface area contributed by atoms with Crippen LogP contribution in [0.5, 0.6) is 11.5 Å². The fourth-order valence-corrected chi connectivity index (χ4v) is 2.00. The minimum atomic E-state index is 0.210. The molecule has 0 aliphatic rings. The van der Waals surface area contributed by atoms with Gasteiger partial charge in [-0.3, -0.25) is 0 Å². The predicted molar refractivity (Wildman–Crippen MR) is 71.6 cm³/mol. The van der Waals surface area contributed by atoms with E-state index in [1.165, 1.54) is 0 Å².